The number of piperidine rings is 1. The summed E-state index contributed by atoms with van der Waals surface area (Å²) in [6, 6.07) is 37.1. The number of nitrogens with zero attached hydrogens (tertiary/aromatic N) is 3. The van der Waals surface area contributed by atoms with Gasteiger partial charge in [-0.15, -0.1) is 0 Å². The molecule has 0 spiro atoms. The molecule has 2 aromatic heterocycles. The lowest BCUT2D eigenvalue weighted by Gasteiger charge is -2.29. The number of amides is 1. The van der Waals surface area contributed by atoms with Gasteiger partial charge in [-0.05, 0) is 42.3 Å². The van der Waals surface area contributed by atoms with E-state index >= 15 is 0 Å². The molecule has 0 radical (unpaired) electrons. The summed E-state index contributed by atoms with van der Waals surface area (Å²) in [6.45, 7) is 3.86. The lowest BCUT2D eigenvalue weighted by Crippen LogP contribution is -2.41. The first-order chi connectivity index (χ1) is 22.6. The van der Waals surface area contributed by atoms with Crippen molar-refractivity contribution in [2.45, 2.75) is 20.0 Å². The molecule has 1 saturated heterocycles. The number of hydrogen-bond acceptors (Lipinski definition) is 3. The average molecular weight is 606 g/mol. The molecule has 6 heteroatoms. The van der Waals surface area contributed by atoms with Crippen LogP contribution in [-0.4, -0.2) is 45.6 Å². The molecule has 6 aromatic rings. The molecule has 0 bridgehead atoms. The highest BCUT2D eigenvalue weighted by Crippen LogP contribution is 2.30. The molecule has 0 unspecified atom stereocenters. The van der Waals surface area contributed by atoms with E-state index in [1.54, 1.807) is 11.8 Å². The Morgan fingerprint density at radius 2 is 1.09 bits per heavy atom. The van der Waals surface area contributed by atoms with Crippen LogP contribution < -0.4 is 0 Å². The Morgan fingerprint density at radius 1 is 0.652 bits per heavy atom. The monoisotopic (exact) mass is 605 g/mol. The van der Waals surface area contributed by atoms with E-state index in [9.17, 15) is 9.59 Å². The van der Waals surface area contributed by atoms with Gasteiger partial charge in [0, 0.05) is 69.6 Å². The number of rotatable bonds is 7. The third-order valence-electron chi connectivity index (χ3n) is 8.52. The molecule has 0 N–H and O–H groups in total. The van der Waals surface area contributed by atoms with Gasteiger partial charge < -0.3 is 13.9 Å². The minimum atomic E-state index is -0.426. The van der Waals surface area contributed by atoms with Gasteiger partial charge in [0.05, 0.1) is 19.7 Å². The molecule has 6 nitrogen and oxygen atoms in total. The molecule has 228 valence electrons. The van der Waals surface area contributed by atoms with Crippen LogP contribution in [-0.2, 0) is 22.6 Å². The van der Waals surface area contributed by atoms with Crippen molar-refractivity contribution in [2.75, 3.05) is 19.7 Å². The summed E-state index contributed by atoms with van der Waals surface area (Å²) in [4.78, 5) is 28.9. The van der Waals surface area contributed by atoms with Gasteiger partial charge in [0.15, 0.2) is 5.78 Å². The molecule has 46 heavy (non-hydrogen) atoms. The number of likely N-dealkylation sites (tertiary alicyclic amines) is 1. The highest BCUT2D eigenvalue weighted by molar-refractivity contribution is 6.16. The fraction of sp³-hybridized carbons (Fsp3) is 0.150. The normalized spacial score (nSPS) is 15.3. The van der Waals surface area contributed by atoms with Crippen molar-refractivity contribution in [3.05, 3.63) is 155 Å². The number of carbonyl (C=O) groups excluding carboxylic acids is 2. The van der Waals surface area contributed by atoms with Crippen LogP contribution in [0, 0.1) is 0 Å². The number of aromatic nitrogens is 2. The van der Waals surface area contributed by atoms with Crippen molar-refractivity contribution in [3.8, 4) is 0 Å². The molecule has 0 aliphatic carbocycles. The Kier molecular flexibility index (Phi) is 8.09. The molecule has 0 saturated carbocycles. The van der Waals surface area contributed by atoms with Crippen LogP contribution in [0.1, 0.15) is 29.2 Å². The fourth-order valence-corrected chi connectivity index (χ4v) is 6.36. The van der Waals surface area contributed by atoms with E-state index in [1.165, 1.54) is 11.1 Å². The molecule has 7 rings (SSSR count). The fourth-order valence-electron chi connectivity index (χ4n) is 6.36. The number of hydrogen-bond donors (Lipinski definition) is 0. The average Bonchev–Trinajstić information content (AvgIpc) is 3.61. The van der Waals surface area contributed by atoms with E-state index in [4.69, 9.17) is 4.74 Å². The molecular weight excluding hydrogens is 570 g/mol. The Balaban J connectivity index is 1.29. The Bertz CT molecular complexity index is 1960. The maximum atomic E-state index is 14.2. The predicted octanol–water partition coefficient (Wildman–Crippen LogP) is 8.20. The van der Waals surface area contributed by atoms with Gasteiger partial charge in [-0.1, -0.05) is 97.1 Å². The first kappa shape index (κ1) is 29.1. The zero-order chi connectivity index (χ0) is 31.5. The van der Waals surface area contributed by atoms with Crippen LogP contribution >= 0.6 is 0 Å². The zero-order valence-electron chi connectivity index (χ0n) is 25.8. The number of para-hydroxylation sites is 2. The van der Waals surface area contributed by atoms with Crippen LogP contribution in [0.4, 0.5) is 4.79 Å². The minimum absolute atomic E-state index is 0.0553. The van der Waals surface area contributed by atoms with E-state index in [-0.39, 0.29) is 25.5 Å². The Hall–Kier alpha value is -5.62. The summed E-state index contributed by atoms with van der Waals surface area (Å²) in [5.74, 6) is -0.0553. The van der Waals surface area contributed by atoms with E-state index in [0.29, 0.717) is 24.2 Å². The molecule has 3 heterocycles. The zero-order valence-corrected chi connectivity index (χ0v) is 25.8. The summed E-state index contributed by atoms with van der Waals surface area (Å²) in [7, 11) is 0. The molecular formula is C40H35N3O3. The van der Waals surface area contributed by atoms with Gasteiger partial charge in [0.25, 0.3) is 0 Å². The second-order valence-electron chi connectivity index (χ2n) is 11.7. The second-order valence-corrected chi connectivity index (χ2v) is 11.7. The highest BCUT2D eigenvalue weighted by Gasteiger charge is 2.30. The SMILES string of the molecule is CCOC(=O)N1C/C(=C\c2cn(Cc3ccccc3)c3ccccc23)C(=O)/C(=C/c2cn(Cc3ccccc3)c3ccccc23)C1. The van der Waals surface area contributed by atoms with Crippen LogP contribution in [0.25, 0.3) is 34.0 Å². The minimum Gasteiger partial charge on any atom is -0.450 e. The summed E-state index contributed by atoms with van der Waals surface area (Å²) < 4.78 is 9.84. The van der Waals surface area contributed by atoms with Gasteiger partial charge >= 0.3 is 6.09 Å². The van der Waals surface area contributed by atoms with Crippen LogP contribution in [0.15, 0.2) is 133 Å². The third-order valence-corrected chi connectivity index (χ3v) is 8.52. The maximum absolute atomic E-state index is 14.2. The predicted molar refractivity (Wildman–Crippen MR) is 185 cm³/mol. The lowest BCUT2D eigenvalue weighted by atomic mass is 9.94. The summed E-state index contributed by atoms with van der Waals surface area (Å²) >= 11 is 0. The number of ether oxygens (including phenoxy) is 1. The van der Waals surface area contributed by atoms with Gasteiger partial charge in [-0.3, -0.25) is 9.69 Å². The standard InChI is InChI=1S/C40H35N3O3/c1-2-46-40(45)43-27-33(21-31-25-41(23-29-13-5-3-6-14-29)37-19-11-9-17-35(31)37)39(44)34(28-43)22-32-26-42(24-30-15-7-4-8-16-30)38-20-12-10-18-36(32)38/h3-22,25-26H,2,23-24,27-28H2,1H3/b33-21+,34-22+. The highest BCUT2D eigenvalue weighted by atomic mass is 16.6. The molecule has 1 aliphatic heterocycles. The Labute approximate surface area is 268 Å². The van der Waals surface area contributed by atoms with E-state index in [1.807, 2.05) is 72.8 Å². The first-order valence-electron chi connectivity index (χ1n) is 15.7. The van der Waals surface area contributed by atoms with Crippen molar-refractivity contribution >= 4 is 45.8 Å². The number of benzene rings is 4. The summed E-state index contributed by atoms with van der Waals surface area (Å²) in [5.41, 5.74) is 7.57. The topological polar surface area (TPSA) is 56.5 Å². The van der Waals surface area contributed by atoms with E-state index in [2.05, 4.69) is 70.1 Å². The number of Topliss-reactive ketones (excluding diaryl/α,β-unsaturated/α-hetero) is 1. The van der Waals surface area contributed by atoms with Crippen molar-refractivity contribution < 1.29 is 14.3 Å². The van der Waals surface area contributed by atoms with Gasteiger partial charge in [0.2, 0.25) is 0 Å². The van der Waals surface area contributed by atoms with E-state index in [0.717, 1.165) is 32.9 Å². The number of carbonyl (C=O) groups is 2. The number of ketones is 1. The first-order valence-corrected chi connectivity index (χ1v) is 15.7. The van der Waals surface area contributed by atoms with Crippen LogP contribution in [0.5, 0.6) is 0 Å². The Morgan fingerprint density at radius 3 is 1.54 bits per heavy atom. The van der Waals surface area contributed by atoms with Gasteiger partial charge in [-0.2, -0.15) is 0 Å². The van der Waals surface area contributed by atoms with Crippen LogP contribution in [0.2, 0.25) is 0 Å². The molecule has 1 amide bonds. The largest absolute Gasteiger partial charge is 0.450 e. The number of fused-ring (bicyclic) bond motifs is 2. The van der Waals surface area contributed by atoms with Gasteiger partial charge in [0.1, 0.15) is 0 Å². The van der Waals surface area contributed by atoms with Crippen molar-refractivity contribution in [3.63, 3.8) is 0 Å². The van der Waals surface area contributed by atoms with Crippen LogP contribution in [0.3, 0.4) is 0 Å². The smallest absolute Gasteiger partial charge is 0.410 e. The summed E-state index contributed by atoms with van der Waals surface area (Å²) in [5, 5.41) is 2.11. The molecule has 1 aliphatic rings. The van der Waals surface area contributed by atoms with Gasteiger partial charge in [-0.25, -0.2) is 4.79 Å². The second kappa shape index (κ2) is 12.8. The van der Waals surface area contributed by atoms with Crippen molar-refractivity contribution in [1.29, 1.82) is 0 Å². The van der Waals surface area contributed by atoms with Crippen molar-refractivity contribution in [1.82, 2.24) is 14.0 Å². The maximum Gasteiger partial charge on any atom is 0.410 e. The molecule has 4 aromatic carbocycles. The molecule has 0 atom stereocenters. The third kappa shape index (κ3) is 5.89. The van der Waals surface area contributed by atoms with E-state index < -0.39 is 6.09 Å². The lowest BCUT2D eigenvalue weighted by molar-refractivity contribution is -0.113. The molecule has 1 fully saturated rings. The quantitative estimate of drug-likeness (QED) is 0.172. The summed E-state index contributed by atoms with van der Waals surface area (Å²) in [6.07, 6.45) is 7.67. The van der Waals surface area contributed by atoms with Crippen molar-refractivity contribution in [2.24, 2.45) is 0 Å².